The number of hydrogen-bond donors (Lipinski definition) is 1. The van der Waals surface area contributed by atoms with Crippen molar-refractivity contribution in [1.29, 1.82) is 0 Å². The molecule has 0 fully saturated rings. The summed E-state index contributed by atoms with van der Waals surface area (Å²) in [4.78, 5) is 13.9. The Balaban J connectivity index is 0.00000144. The van der Waals surface area contributed by atoms with Crippen LogP contribution < -0.4 is 34.7 Å². The molecule has 0 atom stereocenters. The summed E-state index contributed by atoms with van der Waals surface area (Å²) in [5.41, 5.74) is 0.0666. The van der Waals surface area contributed by atoms with Crippen molar-refractivity contribution in [3.8, 4) is 0 Å². The van der Waals surface area contributed by atoms with Gasteiger partial charge in [-0.25, -0.2) is 4.98 Å². The first kappa shape index (κ1) is 12.9. The van der Waals surface area contributed by atoms with Gasteiger partial charge in [0.2, 0.25) is 0 Å². The Morgan fingerprint density at radius 2 is 2.31 bits per heavy atom. The van der Waals surface area contributed by atoms with Crippen molar-refractivity contribution < 1.29 is 44.6 Å². The molecule has 1 N–H and O–H groups in total. The third-order valence-corrected chi connectivity index (χ3v) is 1.55. The van der Waals surface area contributed by atoms with Gasteiger partial charge < -0.3 is 15.0 Å². The monoisotopic (exact) mass is 209 g/mol. The van der Waals surface area contributed by atoms with Crippen LogP contribution in [-0.2, 0) is 6.61 Å². The van der Waals surface area contributed by atoms with Crippen LogP contribution in [0.2, 0.25) is 5.15 Å². The quantitative estimate of drug-likeness (QED) is 0.407. The predicted octanol–water partition coefficient (Wildman–Crippen LogP) is -3.41. The molecule has 0 amide bonds. The molecule has 1 rings (SSSR count). The second-order valence-corrected chi connectivity index (χ2v) is 2.50. The SMILES string of the molecule is O=C([O-])c1cnc(Cl)cc1CO.[Na+]. The summed E-state index contributed by atoms with van der Waals surface area (Å²) in [6, 6.07) is 1.28. The van der Waals surface area contributed by atoms with Gasteiger partial charge in [0.15, 0.2) is 0 Å². The Bertz CT molecular complexity index is 319. The van der Waals surface area contributed by atoms with Crippen molar-refractivity contribution >= 4 is 17.6 Å². The molecule has 1 heterocycles. The minimum Gasteiger partial charge on any atom is -0.545 e. The number of nitrogens with zero attached hydrogens (tertiary/aromatic N) is 1. The van der Waals surface area contributed by atoms with Crippen molar-refractivity contribution in [2.45, 2.75) is 6.61 Å². The van der Waals surface area contributed by atoms with Crippen molar-refractivity contribution in [3.05, 3.63) is 28.5 Å². The van der Waals surface area contributed by atoms with E-state index in [-0.39, 0.29) is 45.8 Å². The fourth-order valence-electron chi connectivity index (χ4n) is 0.783. The molecule has 1 aromatic rings. The van der Waals surface area contributed by atoms with Gasteiger partial charge in [-0.15, -0.1) is 0 Å². The summed E-state index contributed by atoms with van der Waals surface area (Å²) in [5, 5.41) is 19.2. The molecule has 0 aliphatic rings. The van der Waals surface area contributed by atoms with Crippen LogP contribution in [0.5, 0.6) is 0 Å². The summed E-state index contributed by atoms with van der Waals surface area (Å²) in [6.07, 6.45) is 1.06. The van der Waals surface area contributed by atoms with E-state index in [1.807, 2.05) is 0 Å². The van der Waals surface area contributed by atoms with Gasteiger partial charge in [0, 0.05) is 11.8 Å². The van der Waals surface area contributed by atoms with Crippen molar-refractivity contribution in [2.24, 2.45) is 0 Å². The number of aromatic nitrogens is 1. The molecule has 0 bridgehead atoms. The largest absolute Gasteiger partial charge is 1.00 e. The summed E-state index contributed by atoms with van der Waals surface area (Å²) >= 11 is 5.46. The van der Waals surface area contributed by atoms with Gasteiger partial charge >= 0.3 is 29.6 Å². The number of carbonyl (C=O) groups excluding carboxylic acids is 1. The third-order valence-electron chi connectivity index (χ3n) is 1.35. The first-order valence-corrected chi connectivity index (χ1v) is 3.49. The number of halogens is 1. The Morgan fingerprint density at radius 3 is 2.77 bits per heavy atom. The van der Waals surface area contributed by atoms with E-state index in [1.54, 1.807) is 0 Å². The number of carbonyl (C=O) groups is 1. The zero-order valence-electron chi connectivity index (χ0n) is 6.95. The zero-order chi connectivity index (χ0) is 9.14. The Morgan fingerprint density at radius 1 is 1.69 bits per heavy atom. The smallest absolute Gasteiger partial charge is 0.545 e. The van der Waals surface area contributed by atoms with E-state index >= 15 is 0 Å². The van der Waals surface area contributed by atoms with Crippen molar-refractivity contribution in [1.82, 2.24) is 4.98 Å². The Kier molecular flexibility index (Phi) is 5.51. The second-order valence-electron chi connectivity index (χ2n) is 2.11. The van der Waals surface area contributed by atoms with Gasteiger partial charge in [0.1, 0.15) is 5.15 Å². The molecular formula is C7H5ClNNaO3. The number of carboxylic acid groups (broad SMARTS) is 1. The molecule has 0 saturated carbocycles. The minimum absolute atomic E-state index is 0. The van der Waals surface area contributed by atoms with E-state index in [0.29, 0.717) is 0 Å². The number of hydrogen-bond acceptors (Lipinski definition) is 4. The summed E-state index contributed by atoms with van der Waals surface area (Å²) in [5.74, 6) is -1.37. The normalized spacial score (nSPS) is 9.08. The average Bonchev–Trinajstić information content (AvgIpc) is 2.03. The molecule has 0 aliphatic carbocycles. The van der Waals surface area contributed by atoms with Crippen LogP contribution in [0.15, 0.2) is 12.3 Å². The van der Waals surface area contributed by atoms with E-state index in [4.69, 9.17) is 16.7 Å². The topological polar surface area (TPSA) is 73.2 Å². The Hall–Kier alpha value is -0.130. The molecule has 13 heavy (non-hydrogen) atoms. The van der Waals surface area contributed by atoms with Gasteiger partial charge in [-0.2, -0.15) is 0 Å². The molecule has 0 radical (unpaired) electrons. The average molecular weight is 210 g/mol. The third kappa shape index (κ3) is 3.25. The van der Waals surface area contributed by atoms with E-state index in [9.17, 15) is 9.90 Å². The van der Waals surface area contributed by atoms with Crippen LogP contribution in [0.1, 0.15) is 15.9 Å². The van der Waals surface area contributed by atoms with Crippen LogP contribution >= 0.6 is 11.6 Å². The van der Waals surface area contributed by atoms with Gasteiger partial charge in [0.05, 0.1) is 12.6 Å². The molecule has 1 aromatic heterocycles. The number of pyridine rings is 1. The van der Waals surface area contributed by atoms with Crippen molar-refractivity contribution in [2.75, 3.05) is 0 Å². The summed E-state index contributed by atoms with van der Waals surface area (Å²) in [7, 11) is 0. The molecule has 0 aromatic carbocycles. The van der Waals surface area contributed by atoms with E-state index < -0.39 is 12.6 Å². The van der Waals surface area contributed by atoms with E-state index in [1.165, 1.54) is 6.07 Å². The maximum atomic E-state index is 10.4. The first-order valence-electron chi connectivity index (χ1n) is 3.11. The number of aromatic carboxylic acids is 1. The van der Waals surface area contributed by atoms with Crippen molar-refractivity contribution in [3.63, 3.8) is 0 Å². The summed E-state index contributed by atoms with van der Waals surface area (Å²) < 4.78 is 0. The molecule has 64 valence electrons. The van der Waals surface area contributed by atoms with Crippen LogP contribution in [0, 0.1) is 0 Å². The van der Waals surface area contributed by atoms with E-state index in [0.717, 1.165) is 6.20 Å². The molecular weight excluding hydrogens is 205 g/mol. The maximum Gasteiger partial charge on any atom is 1.00 e. The van der Waals surface area contributed by atoms with E-state index in [2.05, 4.69) is 4.98 Å². The summed E-state index contributed by atoms with van der Waals surface area (Å²) in [6.45, 7) is -0.397. The minimum atomic E-state index is -1.37. The van der Waals surface area contributed by atoms with Gasteiger partial charge in [-0.3, -0.25) is 0 Å². The molecule has 0 aliphatic heterocycles. The number of aliphatic hydroxyl groups is 1. The molecule has 6 heteroatoms. The fraction of sp³-hybridized carbons (Fsp3) is 0.143. The zero-order valence-corrected chi connectivity index (χ0v) is 9.71. The van der Waals surface area contributed by atoms with Crippen LogP contribution in [0.4, 0.5) is 0 Å². The fourth-order valence-corrected chi connectivity index (χ4v) is 0.963. The predicted molar refractivity (Wildman–Crippen MR) is 39.5 cm³/mol. The second kappa shape index (κ2) is 5.57. The maximum absolute atomic E-state index is 10.4. The standard InChI is InChI=1S/C7H6ClNO3.Na/c8-6-1-4(3-10)5(2-9-6)7(11)12;/h1-2,10H,3H2,(H,11,12);/q;+1/p-1. The number of rotatable bonds is 2. The molecule has 0 saturated heterocycles. The van der Waals surface area contributed by atoms with Gasteiger partial charge in [-0.05, 0) is 11.6 Å². The Labute approximate surface area is 102 Å². The van der Waals surface area contributed by atoms with Crippen LogP contribution in [0.25, 0.3) is 0 Å². The number of aliphatic hydroxyl groups excluding tert-OH is 1. The molecule has 0 unspecified atom stereocenters. The van der Waals surface area contributed by atoms with Crippen LogP contribution in [-0.4, -0.2) is 16.1 Å². The molecule has 4 nitrogen and oxygen atoms in total. The first-order chi connectivity index (χ1) is 5.65. The van der Waals surface area contributed by atoms with Gasteiger partial charge in [0.25, 0.3) is 0 Å². The molecule has 0 spiro atoms. The number of carboxylic acids is 1. The van der Waals surface area contributed by atoms with Crippen LogP contribution in [0.3, 0.4) is 0 Å². The van der Waals surface area contributed by atoms with Gasteiger partial charge in [-0.1, -0.05) is 11.6 Å².